The van der Waals surface area contributed by atoms with E-state index in [4.69, 9.17) is 11.6 Å². The summed E-state index contributed by atoms with van der Waals surface area (Å²) >= 11 is 5.91. The predicted molar refractivity (Wildman–Crippen MR) is 105 cm³/mol. The van der Waals surface area contributed by atoms with Gasteiger partial charge < -0.3 is 5.32 Å². The molecule has 4 aromatic rings. The van der Waals surface area contributed by atoms with Crippen LogP contribution in [0.15, 0.2) is 54.7 Å². The summed E-state index contributed by atoms with van der Waals surface area (Å²) in [7, 11) is 0. The fraction of sp³-hybridized carbons (Fsp3) is 0.100. The zero-order valence-corrected chi connectivity index (χ0v) is 16.2. The Hall–Kier alpha value is -3.46. The highest BCUT2D eigenvalue weighted by Gasteiger charge is 2.34. The van der Waals surface area contributed by atoms with Crippen molar-refractivity contribution in [2.75, 3.05) is 5.32 Å². The fourth-order valence-corrected chi connectivity index (χ4v) is 3.14. The van der Waals surface area contributed by atoms with Gasteiger partial charge in [-0.25, -0.2) is 4.52 Å². The van der Waals surface area contributed by atoms with E-state index in [2.05, 4.69) is 20.6 Å². The van der Waals surface area contributed by atoms with E-state index in [-0.39, 0.29) is 11.4 Å². The normalized spacial score (nSPS) is 11.6. The van der Waals surface area contributed by atoms with Crippen molar-refractivity contribution in [3.05, 3.63) is 76.7 Å². The van der Waals surface area contributed by atoms with Crippen LogP contribution in [-0.2, 0) is 6.18 Å². The van der Waals surface area contributed by atoms with Crippen LogP contribution in [0.25, 0.3) is 16.8 Å². The molecule has 0 atom stereocenters. The largest absolute Gasteiger partial charge is 0.418 e. The van der Waals surface area contributed by atoms with Crippen molar-refractivity contribution < 1.29 is 18.0 Å². The quantitative estimate of drug-likeness (QED) is 0.494. The van der Waals surface area contributed by atoms with Gasteiger partial charge in [-0.05, 0) is 36.8 Å². The summed E-state index contributed by atoms with van der Waals surface area (Å²) < 4.78 is 40.9. The van der Waals surface area contributed by atoms with Gasteiger partial charge in [0.25, 0.3) is 5.91 Å². The van der Waals surface area contributed by atoms with Crippen LogP contribution in [0, 0.1) is 6.92 Å². The van der Waals surface area contributed by atoms with Gasteiger partial charge in [-0.2, -0.15) is 18.3 Å². The van der Waals surface area contributed by atoms with Crippen LogP contribution in [0.2, 0.25) is 5.02 Å². The Morgan fingerprint density at radius 2 is 1.77 bits per heavy atom. The molecule has 0 aliphatic rings. The standard InChI is InChI=1S/C20H13ClF3N5O/c1-11-17(19(30)26-16-5-3-2-4-15(16)20(22,23)24)27-28-18-14(10-25-29(11)18)12-6-8-13(21)9-7-12/h2-10H,1H3,(H,26,30). The molecule has 0 aliphatic carbocycles. The molecule has 152 valence electrons. The van der Waals surface area contributed by atoms with E-state index in [1.54, 1.807) is 37.4 Å². The maximum atomic E-state index is 13.2. The molecule has 1 amide bonds. The lowest BCUT2D eigenvalue weighted by Gasteiger charge is -2.13. The van der Waals surface area contributed by atoms with Gasteiger partial charge in [0.05, 0.1) is 23.1 Å². The first-order chi connectivity index (χ1) is 14.3. The Bertz CT molecular complexity index is 1250. The number of nitrogens with one attached hydrogen (secondary N) is 1. The van der Waals surface area contributed by atoms with E-state index in [9.17, 15) is 18.0 Å². The number of aryl methyl sites for hydroxylation is 1. The van der Waals surface area contributed by atoms with E-state index < -0.39 is 17.6 Å². The van der Waals surface area contributed by atoms with E-state index in [0.29, 0.717) is 21.9 Å². The molecular weight excluding hydrogens is 419 g/mol. The minimum absolute atomic E-state index is 0.134. The number of nitrogens with zero attached hydrogens (tertiary/aromatic N) is 4. The van der Waals surface area contributed by atoms with Crippen molar-refractivity contribution in [3.8, 4) is 11.1 Å². The molecule has 4 rings (SSSR count). The van der Waals surface area contributed by atoms with Crippen molar-refractivity contribution in [1.82, 2.24) is 19.8 Å². The van der Waals surface area contributed by atoms with Crippen LogP contribution in [-0.4, -0.2) is 25.7 Å². The lowest BCUT2D eigenvalue weighted by molar-refractivity contribution is -0.136. The zero-order chi connectivity index (χ0) is 21.5. The topological polar surface area (TPSA) is 72.2 Å². The number of para-hydroxylation sites is 1. The molecule has 6 nitrogen and oxygen atoms in total. The highest BCUT2D eigenvalue weighted by Crippen LogP contribution is 2.34. The first kappa shape index (κ1) is 19.8. The van der Waals surface area contributed by atoms with Gasteiger partial charge in [0, 0.05) is 10.6 Å². The molecule has 0 spiro atoms. The SMILES string of the molecule is Cc1c(C(=O)Nc2ccccc2C(F)(F)F)nnc2c(-c3ccc(Cl)cc3)cnn12. The molecule has 0 saturated carbocycles. The maximum Gasteiger partial charge on any atom is 0.418 e. The van der Waals surface area contributed by atoms with Crippen LogP contribution >= 0.6 is 11.6 Å². The Morgan fingerprint density at radius 1 is 1.07 bits per heavy atom. The number of hydrogen-bond donors (Lipinski definition) is 1. The number of carbonyl (C=O) groups is 1. The minimum Gasteiger partial charge on any atom is -0.320 e. The molecule has 2 aromatic carbocycles. The van der Waals surface area contributed by atoms with Crippen LogP contribution in [0.1, 0.15) is 21.7 Å². The Labute approximate surface area is 173 Å². The van der Waals surface area contributed by atoms with Crippen LogP contribution in [0.3, 0.4) is 0 Å². The average molecular weight is 432 g/mol. The second kappa shape index (κ2) is 7.42. The molecule has 0 saturated heterocycles. The minimum atomic E-state index is -4.61. The molecule has 30 heavy (non-hydrogen) atoms. The molecule has 10 heteroatoms. The summed E-state index contributed by atoms with van der Waals surface area (Å²) in [6.07, 6.45) is -3.04. The van der Waals surface area contributed by atoms with Crippen molar-refractivity contribution in [2.24, 2.45) is 0 Å². The molecule has 0 aliphatic heterocycles. The third-order valence-electron chi connectivity index (χ3n) is 4.50. The number of carbonyl (C=O) groups excluding carboxylic acids is 1. The molecule has 1 N–H and O–H groups in total. The molecule has 0 radical (unpaired) electrons. The molecule has 0 fully saturated rings. The van der Waals surface area contributed by atoms with Gasteiger partial charge in [-0.15, -0.1) is 10.2 Å². The lowest BCUT2D eigenvalue weighted by atomic mass is 10.1. The smallest absolute Gasteiger partial charge is 0.320 e. The summed E-state index contributed by atoms with van der Waals surface area (Å²) in [4.78, 5) is 12.6. The molecule has 0 unspecified atom stereocenters. The zero-order valence-electron chi connectivity index (χ0n) is 15.4. The summed E-state index contributed by atoms with van der Waals surface area (Å²) in [5.41, 5.74) is 0.776. The van der Waals surface area contributed by atoms with Crippen LogP contribution < -0.4 is 5.32 Å². The number of halogens is 4. The second-order valence-electron chi connectivity index (χ2n) is 6.43. The molecule has 2 heterocycles. The fourth-order valence-electron chi connectivity index (χ4n) is 3.02. The number of fused-ring (bicyclic) bond motifs is 1. The van der Waals surface area contributed by atoms with Crippen molar-refractivity contribution in [3.63, 3.8) is 0 Å². The third kappa shape index (κ3) is 3.59. The Morgan fingerprint density at radius 3 is 2.47 bits per heavy atom. The molecule has 0 bridgehead atoms. The summed E-state index contributed by atoms with van der Waals surface area (Å²) in [5.74, 6) is -0.817. The number of amides is 1. The lowest BCUT2D eigenvalue weighted by Crippen LogP contribution is -2.20. The number of rotatable bonds is 3. The molecular formula is C20H13ClF3N5O. The average Bonchev–Trinajstić information content (AvgIpc) is 3.13. The van der Waals surface area contributed by atoms with Crippen LogP contribution in [0.4, 0.5) is 18.9 Å². The summed E-state index contributed by atoms with van der Waals surface area (Å²) in [6, 6.07) is 11.8. The van der Waals surface area contributed by atoms with Gasteiger partial charge in [0.15, 0.2) is 11.3 Å². The first-order valence-corrected chi connectivity index (χ1v) is 9.08. The molecule has 2 aromatic heterocycles. The first-order valence-electron chi connectivity index (χ1n) is 8.70. The van der Waals surface area contributed by atoms with E-state index >= 15 is 0 Å². The summed E-state index contributed by atoms with van der Waals surface area (Å²) in [5, 5.41) is 15.1. The van der Waals surface area contributed by atoms with Crippen molar-refractivity contribution in [1.29, 1.82) is 0 Å². The maximum absolute atomic E-state index is 13.2. The number of hydrogen-bond acceptors (Lipinski definition) is 4. The van der Waals surface area contributed by atoms with Gasteiger partial charge >= 0.3 is 6.18 Å². The predicted octanol–water partition coefficient (Wildman–Crippen LogP) is 5.02. The number of benzene rings is 2. The third-order valence-corrected chi connectivity index (χ3v) is 4.75. The highest BCUT2D eigenvalue weighted by molar-refractivity contribution is 6.30. The monoisotopic (exact) mass is 431 g/mol. The number of aromatic nitrogens is 4. The van der Waals surface area contributed by atoms with Crippen LogP contribution in [0.5, 0.6) is 0 Å². The number of alkyl halides is 3. The Kier molecular flexibility index (Phi) is 4.90. The van der Waals surface area contributed by atoms with E-state index in [0.717, 1.165) is 11.6 Å². The van der Waals surface area contributed by atoms with Crippen molar-refractivity contribution >= 4 is 28.8 Å². The summed E-state index contributed by atoms with van der Waals surface area (Å²) in [6.45, 7) is 1.59. The van der Waals surface area contributed by atoms with Gasteiger partial charge in [-0.1, -0.05) is 35.9 Å². The van der Waals surface area contributed by atoms with Gasteiger partial charge in [-0.3, -0.25) is 4.79 Å². The Balaban J connectivity index is 1.70. The van der Waals surface area contributed by atoms with E-state index in [1.165, 1.54) is 22.7 Å². The number of anilines is 1. The highest BCUT2D eigenvalue weighted by atomic mass is 35.5. The van der Waals surface area contributed by atoms with Crippen molar-refractivity contribution in [2.45, 2.75) is 13.1 Å². The second-order valence-corrected chi connectivity index (χ2v) is 6.87. The van der Waals surface area contributed by atoms with E-state index in [1.807, 2.05) is 0 Å². The van der Waals surface area contributed by atoms with Gasteiger partial charge in [0.1, 0.15) is 0 Å². The van der Waals surface area contributed by atoms with Gasteiger partial charge in [0.2, 0.25) is 0 Å².